The van der Waals surface area contributed by atoms with Gasteiger partial charge >= 0.3 is 0 Å². The van der Waals surface area contributed by atoms with Crippen molar-refractivity contribution in [2.24, 2.45) is 0 Å². The van der Waals surface area contributed by atoms with Crippen molar-refractivity contribution in [1.82, 2.24) is 10.2 Å². The van der Waals surface area contributed by atoms with Crippen molar-refractivity contribution in [1.29, 1.82) is 0 Å². The first kappa shape index (κ1) is 29.8. The number of rotatable bonds is 12. The summed E-state index contributed by atoms with van der Waals surface area (Å²) in [5.74, 6) is -0.102. The standard InChI is InChI=1S/C28H32ClN3O6S/c1-5-30-28(34)20(2)31(18-21-11-14-23(37-3)15-12-21)27(33)19-32(25-17-22(29)13-16-26(25)38-4)39(35,36)24-9-7-6-8-10-24/h6-17,20H,5,18-19H2,1-4H3,(H,30,34). The van der Waals surface area contributed by atoms with Gasteiger partial charge in [0.05, 0.1) is 24.8 Å². The minimum absolute atomic E-state index is 0.0155. The van der Waals surface area contributed by atoms with Gasteiger partial charge in [-0.3, -0.25) is 13.9 Å². The van der Waals surface area contributed by atoms with Crippen LogP contribution in [0, 0.1) is 0 Å². The summed E-state index contributed by atoms with van der Waals surface area (Å²) in [7, 11) is -1.29. The monoisotopic (exact) mass is 573 g/mol. The molecule has 1 unspecified atom stereocenters. The number of likely N-dealkylation sites (N-methyl/N-ethyl adjacent to an activating group) is 1. The third kappa shape index (κ3) is 7.21. The summed E-state index contributed by atoms with van der Waals surface area (Å²) in [6, 6.07) is 18.4. The molecular formula is C28H32ClN3O6S. The van der Waals surface area contributed by atoms with Gasteiger partial charge in [-0.15, -0.1) is 0 Å². The fourth-order valence-corrected chi connectivity index (χ4v) is 5.53. The van der Waals surface area contributed by atoms with E-state index in [9.17, 15) is 18.0 Å². The topological polar surface area (TPSA) is 105 Å². The Balaban J connectivity index is 2.07. The molecule has 3 aromatic rings. The lowest BCUT2D eigenvalue weighted by molar-refractivity contribution is -0.139. The summed E-state index contributed by atoms with van der Waals surface area (Å²) in [6.07, 6.45) is 0. The molecule has 0 saturated carbocycles. The molecule has 9 nitrogen and oxygen atoms in total. The van der Waals surface area contributed by atoms with Crippen molar-refractivity contribution in [2.75, 3.05) is 31.6 Å². The Labute approximate surface area is 234 Å². The summed E-state index contributed by atoms with van der Waals surface area (Å²) in [6.45, 7) is 3.21. The summed E-state index contributed by atoms with van der Waals surface area (Å²) >= 11 is 6.24. The molecule has 1 atom stereocenters. The number of hydrogen-bond acceptors (Lipinski definition) is 6. The predicted molar refractivity (Wildman–Crippen MR) is 151 cm³/mol. The zero-order chi connectivity index (χ0) is 28.6. The largest absolute Gasteiger partial charge is 0.497 e. The van der Waals surface area contributed by atoms with Gasteiger partial charge < -0.3 is 19.7 Å². The maximum absolute atomic E-state index is 13.9. The zero-order valence-electron chi connectivity index (χ0n) is 22.3. The molecule has 0 heterocycles. The molecule has 0 aliphatic carbocycles. The number of nitrogens with zero attached hydrogens (tertiary/aromatic N) is 2. The van der Waals surface area contributed by atoms with E-state index in [1.807, 2.05) is 0 Å². The molecule has 0 spiro atoms. The second-order valence-corrected chi connectivity index (χ2v) is 10.9. The van der Waals surface area contributed by atoms with E-state index >= 15 is 0 Å². The molecule has 3 rings (SSSR count). The molecule has 1 N–H and O–H groups in total. The minimum atomic E-state index is -4.24. The zero-order valence-corrected chi connectivity index (χ0v) is 23.8. The highest BCUT2D eigenvalue weighted by Crippen LogP contribution is 2.35. The highest BCUT2D eigenvalue weighted by atomic mass is 35.5. The summed E-state index contributed by atoms with van der Waals surface area (Å²) < 4.78 is 39.3. The van der Waals surface area contributed by atoms with Crippen molar-refractivity contribution in [3.8, 4) is 11.5 Å². The Morgan fingerprint density at radius 2 is 1.64 bits per heavy atom. The average Bonchev–Trinajstić information content (AvgIpc) is 2.95. The van der Waals surface area contributed by atoms with Gasteiger partial charge in [-0.05, 0) is 61.9 Å². The van der Waals surface area contributed by atoms with Gasteiger partial charge in [0.25, 0.3) is 10.0 Å². The molecule has 0 aliphatic rings. The van der Waals surface area contributed by atoms with Crippen LogP contribution < -0.4 is 19.1 Å². The number of methoxy groups -OCH3 is 2. The highest BCUT2D eigenvalue weighted by molar-refractivity contribution is 7.92. The number of sulfonamides is 1. The number of amides is 2. The van der Waals surface area contributed by atoms with Gasteiger partial charge in [-0.25, -0.2) is 8.42 Å². The third-order valence-electron chi connectivity index (χ3n) is 6.05. The first-order valence-electron chi connectivity index (χ1n) is 12.2. The van der Waals surface area contributed by atoms with Gasteiger partial charge in [0.15, 0.2) is 0 Å². The second-order valence-electron chi connectivity index (χ2n) is 8.58. The summed E-state index contributed by atoms with van der Waals surface area (Å²) in [4.78, 5) is 28.0. The van der Waals surface area contributed by atoms with Crippen LogP contribution in [0.25, 0.3) is 0 Å². The molecule has 0 radical (unpaired) electrons. The van der Waals surface area contributed by atoms with E-state index in [1.54, 1.807) is 69.5 Å². The summed E-state index contributed by atoms with van der Waals surface area (Å²) in [5.41, 5.74) is 0.829. The van der Waals surface area contributed by atoms with Crippen LogP contribution in [0.1, 0.15) is 19.4 Å². The van der Waals surface area contributed by atoms with E-state index < -0.39 is 28.5 Å². The molecule has 39 heavy (non-hydrogen) atoms. The molecule has 2 amide bonds. The van der Waals surface area contributed by atoms with Crippen LogP contribution in [0.3, 0.4) is 0 Å². The van der Waals surface area contributed by atoms with Crippen molar-refractivity contribution in [3.63, 3.8) is 0 Å². The Kier molecular flexibility index (Phi) is 10.2. The Morgan fingerprint density at radius 3 is 2.23 bits per heavy atom. The van der Waals surface area contributed by atoms with Crippen LogP contribution in [0.15, 0.2) is 77.7 Å². The van der Waals surface area contributed by atoms with Crippen molar-refractivity contribution < 1.29 is 27.5 Å². The number of hydrogen-bond donors (Lipinski definition) is 1. The molecular weight excluding hydrogens is 542 g/mol. The molecule has 0 bridgehead atoms. The average molecular weight is 574 g/mol. The SMILES string of the molecule is CCNC(=O)C(C)N(Cc1ccc(OC)cc1)C(=O)CN(c1cc(Cl)ccc1OC)S(=O)(=O)c1ccccc1. The Hall–Kier alpha value is -3.76. The van der Waals surface area contributed by atoms with Crippen molar-refractivity contribution >= 4 is 39.1 Å². The minimum Gasteiger partial charge on any atom is -0.497 e. The first-order chi connectivity index (χ1) is 18.6. The number of halogens is 1. The van der Waals surface area contributed by atoms with Gasteiger partial charge in [0.2, 0.25) is 11.8 Å². The van der Waals surface area contributed by atoms with E-state index in [1.165, 1.54) is 36.3 Å². The Bertz CT molecular complexity index is 1380. The van der Waals surface area contributed by atoms with E-state index in [-0.39, 0.29) is 33.8 Å². The first-order valence-corrected chi connectivity index (χ1v) is 14.1. The van der Waals surface area contributed by atoms with Gasteiger partial charge in [0.1, 0.15) is 24.1 Å². The molecule has 11 heteroatoms. The maximum Gasteiger partial charge on any atom is 0.264 e. The highest BCUT2D eigenvalue weighted by Gasteiger charge is 2.33. The van der Waals surface area contributed by atoms with Gasteiger partial charge in [0, 0.05) is 18.1 Å². The number of nitrogens with one attached hydrogen (secondary N) is 1. The Morgan fingerprint density at radius 1 is 0.974 bits per heavy atom. The molecule has 0 fully saturated rings. The molecule has 0 aliphatic heterocycles. The number of carbonyl (C=O) groups excluding carboxylic acids is 2. The second kappa shape index (κ2) is 13.3. The van der Waals surface area contributed by atoms with Crippen LogP contribution in [-0.4, -0.2) is 58.5 Å². The molecule has 3 aromatic carbocycles. The van der Waals surface area contributed by atoms with Gasteiger partial charge in [-0.2, -0.15) is 0 Å². The van der Waals surface area contributed by atoms with Crippen LogP contribution in [-0.2, 0) is 26.2 Å². The number of anilines is 1. The molecule has 0 saturated heterocycles. The van der Waals surface area contributed by atoms with Gasteiger partial charge in [-0.1, -0.05) is 41.9 Å². The lowest BCUT2D eigenvalue weighted by Gasteiger charge is -2.32. The van der Waals surface area contributed by atoms with Crippen LogP contribution in [0.4, 0.5) is 5.69 Å². The molecule has 208 valence electrons. The third-order valence-corrected chi connectivity index (χ3v) is 8.06. The normalized spacial score (nSPS) is 11.8. The van der Waals surface area contributed by atoms with E-state index in [4.69, 9.17) is 21.1 Å². The number of ether oxygens (including phenoxy) is 2. The van der Waals surface area contributed by atoms with E-state index in [2.05, 4.69) is 5.32 Å². The van der Waals surface area contributed by atoms with Crippen LogP contribution >= 0.6 is 11.6 Å². The lowest BCUT2D eigenvalue weighted by atomic mass is 10.1. The fourth-order valence-electron chi connectivity index (χ4n) is 3.92. The van der Waals surface area contributed by atoms with Crippen molar-refractivity contribution in [3.05, 3.63) is 83.4 Å². The predicted octanol–water partition coefficient (Wildman–Crippen LogP) is 4.11. The quantitative estimate of drug-likeness (QED) is 0.350. The van der Waals surface area contributed by atoms with Crippen molar-refractivity contribution in [2.45, 2.75) is 31.3 Å². The van der Waals surface area contributed by atoms with Crippen LogP contribution in [0.2, 0.25) is 5.02 Å². The van der Waals surface area contributed by atoms with E-state index in [0.717, 1.165) is 9.87 Å². The lowest BCUT2D eigenvalue weighted by Crippen LogP contribution is -2.51. The van der Waals surface area contributed by atoms with Crippen LogP contribution in [0.5, 0.6) is 11.5 Å². The van der Waals surface area contributed by atoms with E-state index in [0.29, 0.717) is 12.3 Å². The summed E-state index contributed by atoms with van der Waals surface area (Å²) in [5, 5.41) is 2.99. The molecule has 0 aromatic heterocycles. The fraction of sp³-hybridized carbons (Fsp3) is 0.286. The number of benzene rings is 3. The number of carbonyl (C=O) groups is 2. The smallest absolute Gasteiger partial charge is 0.264 e. The maximum atomic E-state index is 13.9.